The average molecular weight is 447 g/mol. The summed E-state index contributed by atoms with van der Waals surface area (Å²) in [6.07, 6.45) is 3.37. The fourth-order valence-corrected chi connectivity index (χ4v) is 4.00. The Kier molecular flexibility index (Phi) is 8.17. The SMILES string of the molecule is CCCCCN1CCN(c2ccc(SOc3cc(OC)c(OC)c(OC)c3)cc2)C1=O. The molecule has 2 amide bonds. The Morgan fingerprint density at radius 3 is 2.19 bits per heavy atom. The zero-order valence-electron chi connectivity index (χ0n) is 18.6. The Labute approximate surface area is 188 Å². The smallest absolute Gasteiger partial charge is 0.324 e. The minimum Gasteiger partial charge on any atom is -0.493 e. The van der Waals surface area contributed by atoms with E-state index in [2.05, 4.69) is 6.92 Å². The van der Waals surface area contributed by atoms with E-state index in [4.69, 9.17) is 18.4 Å². The summed E-state index contributed by atoms with van der Waals surface area (Å²) in [6.45, 7) is 4.51. The normalized spacial score (nSPS) is 13.5. The van der Waals surface area contributed by atoms with E-state index in [-0.39, 0.29) is 6.03 Å². The van der Waals surface area contributed by atoms with Gasteiger partial charge in [0.15, 0.2) is 11.5 Å². The first-order valence-corrected chi connectivity index (χ1v) is 11.2. The van der Waals surface area contributed by atoms with Gasteiger partial charge in [0.1, 0.15) is 5.75 Å². The van der Waals surface area contributed by atoms with Crippen molar-refractivity contribution in [2.24, 2.45) is 0 Å². The lowest BCUT2D eigenvalue weighted by Gasteiger charge is -2.19. The van der Waals surface area contributed by atoms with Gasteiger partial charge < -0.3 is 23.3 Å². The monoisotopic (exact) mass is 446 g/mol. The molecule has 0 aliphatic carbocycles. The number of amides is 2. The molecule has 0 radical (unpaired) electrons. The van der Waals surface area contributed by atoms with Crippen LogP contribution in [0.1, 0.15) is 26.2 Å². The fraction of sp³-hybridized carbons (Fsp3) is 0.435. The van der Waals surface area contributed by atoms with Crippen LogP contribution in [-0.4, -0.2) is 51.9 Å². The van der Waals surface area contributed by atoms with E-state index in [1.807, 2.05) is 34.1 Å². The van der Waals surface area contributed by atoms with Gasteiger partial charge in [-0.05, 0) is 30.7 Å². The predicted molar refractivity (Wildman–Crippen MR) is 123 cm³/mol. The molecule has 3 rings (SSSR count). The Balaban J connectivity index is 1.61. The van der Waals surface area contributed by atoms with Gasteiger partial charge in [0.25, 0.3) is 0 Å². The number of carbonyl (C=O) groups is 1. The standard InChI is InChI=1S/C23H30N2O5S/c1-5-6-7-12-24-13-14-25(23(24)26)17-8-10-19(11-9-17)31-30-18-15-20(27-2)22(29-4)21(16-18)28-3/h8-11,15-16H,5-7,12-14H2,1-4H3. The van der Waals surface area contributed by atoms with Crippen LogP contribution in [0.3, 0.4) is 0 Å². The molecule has 1 aliphatic heterocycles. The van der Waals surface area contributed by atoms with Gasteiger partial charge in [0.05, 0.1) is 33.4 Å². The molecule has 0 aromatic heterocycles. The predicted octanol–water partition coefficient (Wildman–Crippen LogP) is 5.23. The second-order valence-corrected chi connectivity index (χ2v) is 7.95. The van der Waals surface area contributed by atoms with E-state index in [0.29, 0.717) is 23.0 Å². The van der Waals surface area contributed by atoms with Crippen LogP contribution < -0.4 is 23.3 Å². The summed E-state index contributed by atoms with van der Waals surface area (Å²) in [5.74, 6) is 2.17. The van der Waals surface area contributed by atoms with E-state index < -0.39 is 0 Å². The summed E-state index contributed by atoms with van der Waals surface area (Å²) in [6, 6.07) is 11.4. The molecule has 0 unspecified atom stereocenters. The molecule has 0 saturated carbocycles. The third kappa shape index (κ3) is 5.50. The van der Waals surface area contributed by atoms with Crippen molar-refractivity contribution in [3.63, 3.8) is 0 Å². The number of hydrogen-bond acceptors (Lipinski definition) is 6. The Morgan fingerprint density at radius 2 is 1.61 bits per heavy atom. The van der Waals surface area contributed by atoms with Crippen molar-refractivity contribution in [3.8, 4) is 23.0 Å². The minimum atomic E-state index is 0.0881. The molecule has 1 fully saturated rings. The highest BCUT2D eigenvalue weighted by Gasteiger charge is 2.28. The Hall–Kier alpha value is -2.74. The number of unbranched alkanes of at least 4 members (excludes halogenated alkanes) is 2. The van der Waals surface area contributed by atoms with Crippen molar-refractivity contribution >= 4 is 23.8 Å². The van der Waals surface area contributed by atoms with Crippen molar-refractivity contribution in [2.45, 2.75) is 31.1 Å². The maximum atomic E-state index is 12.7. The topological polar surface area (TPSA) is 60.5 Å². The second-order valence-electron chi connectivity index (χ2n) is 7.15. The van der Waals surface area contributed by atoms with E-state index in [1.165, 1.54) is 12.0 Å². The van der Waals surface area contributed by atoms with Crippen LogP contribution in [0.5, 0.6) is 23.0 Å². The number of nitrogens with zero attached hydrogens (tertiary/aromatic N) is 2. The van der Waals surface area contributed by atoms with Gasteiger partial charge in [-0.1, -0.05) is 19.8 Å². The number of urea groups is 1. The molecular formula is C23H30N2O5S. The lowest BCUT2D eigenvalue weighted by atomic mass is 10.2. The van der Waals surface area contributed by atoms with E-state index in [1.54, 1.807) is 33.5 Å². The van der Waals surface area contributed by atoms with E-state index in [9.17, 15) is 4.79 Å². The van der Waals surface area contributed by atoms with Gasteiger partial charge in [-0.25, -0.2) is 4.79 Å². The number of benzene rings is 2. The van der Waals surface area contributed by atoms with Gasteiger partial charge in [0.2, 0.25) is 5.75 Å². The molecule has 168 valence electrons. The van der Waals surface area contributed by atoms with Crippen LogP contribution in [0.25, 0.3) is 0 Å². The number of carbonyl (C=O) groups excluding carboxylic acids is 1. The zero-order valence-corrected chi connectivity index (χ0v) is 19.4. The van der Waals surface area contributed by atoms with Crippen molar-refractivity contribution in [3.05, 3.63) is 36.4 Å². The molecule has 31 heavy (non-hydrogen) atoms. The van der Waals surface area contributed by atoms with E-state index >= 15 is 0 Å². The molecule has 0 N–H and O–H groups in total. The van der Waals surface area contributed by atoms with Gasteiger partial charge in [-0.2, -0.15) is 0 Å². The molecule has 1 saturated heterocycles. The third-order valence-electron chi connectivity index (χ3n) is 5.15. The number of hydrogen-bond donors (Lipinski definition) is 0. The molecule has 7 nitrogen and oxygen atoms in total. The highest BCUT2D eigenvalue weighted by molar-refractivity contribution is 7.95. The maximum absolute atomic E-state index is 12.7. The minimum absolute atomic E-state index is 0.0881. The highest BCUT2D eigenvalue weighted by Crippen LogP contribution is 2.42. The third-order valence-corrected chi connectivity index (χ3v) is 5.89. The number of methoxy groups -OCH3 is 3. The van der Waals surface area contributed by atoms with Gasteiger partial charge in [-0.15, -0.1) is 0 Å². The van der Waals surface area contributed by atoms with E-state index in [0.717, 1.165) is 49.5 Å². The van der Waals surface area contributed by atoms with Crippen LogP contribution in [0.15, 0.2) is 41.3 Å². The second kappa shape index (κ2) is 11.0. The molecule has 0 atom stereocenters. The van der Waals surface area contributed by atoms with Crippen molar-refractivity contribution in [1.29, 1.82) is 0 Å². The van der Waals surface area contributed by atoms with Crippen molar-refractivity contribution in [2.75, 3.05) is 45.9 Å². The largest absolute Gasteiger partial charge is 0.493 e. The Morgan fingerprint density at radius 1 is 0.935 bits per heavy atom. The van der Waals surface area contributed by atoms with Crippen LogP contribution in [0.4, 0.5) is 10.5 Å². The van der Waals surface area contributed by atoms with Crippen molar-refractivity contribution in [1.82, 2.24) is 4.90 Å². The first kappa shape index (κ1) is 22.9. The molecule has 1 heterocycles. The number of ether oxygens (including phenoxy) is 3. The fourth-order valence-electron chi connectivity index (χ4n) is 3.47. The average Bonchev–Trinajstić information content (AvgIpc) is 3.17. The molecule has 0 bridgehead atoms. The zero-order chi connectivity index (χ0) is 22.2. The molecule has 1 aliphatic rings. The summed E-state index contributed by atoms with van der Waals surface area (Å²) in [7, 11) is 4.70. The summed E-state index contributed by atoms with van der Waals surface area (Å²) < 4.78 is 21.9. The van der Waals surface area contributed by atoms with Crippen molar-refractivity contribution < 1.29 is 23.2 Å². The Bertz CT molecular complexity index is 850. The lowest BCUT2D eigenvalue weighted by Crippen LogP contribution is -2.32. The van der Waals surface area contributed by atoms with Gasteiger partial charge in [-0.3, -0.25) is 4.90 Å². The van der Waals surface area contributed by atoms with Crippen LogP contribution in [0, 0.1) is 0 Å². The van der Waals surface area contributed by atoms with Crippen LogP contribution >= 0.6 is 12.0 Å². The molecule has 2 aromatic carbocycles. The molecule has 0 spiro atoms. The first-order valence-electron chi connectivity index (χ1n) is 10.4. The lowest BCUT2D eigenvalue weighted by molar-refractivity contribution is 0.219. The number of rotatable bonds is 11. The van der Waals surface area contributed by atoms with Gasteiger partial charge in [0, 0.05) is 42.3 Å². The summed E-state index contributed by atoms with van der Waals surface area (Å²) in [5.41, 5.74) is 0.903. The number of anilines is 1. The molecule has 2 aromatic rings. The van der Waals surface area contributed by atoms with Crippen LogP contribution in [0.2, 0.25) is 0 Å². The van der Waals surface area contributed by atoms with Gasteiger partial charge >= 0.3 is 6.03 Å². The molecule has 8 heteroatoms. The van der Waals surface area contributed by atoms with Crippen LogP contribution in [-0.2, 0) is 0 Å². The summed E-state index contributed by atoms with van der Waals surface area (Å²) in [5, 5.41) is 0. The quantitative estimate of drug-likeness (QED) is 0.348. The summed E-state index contributed by atoms with van der Waals surface area (Å²) in [4.78, 5) is 17.3. The highest BCUT2D eigenvalue weighted by atomic mass is 32.2. The molecular weight excluding hydrogens is 416 g/mol. The maximum Gasteiger partial charge on any atom is 0.324 e. The summed E-state index contributed by atoms with van der Waals surface area (Å²) >= 11 is 1.23. The first-order chi connectivity index (χ1) is 15.1.